The summed E-state index contributed by atoms with van der Waals surface area (Å²) < 4.78 is 41.3. The van der Waals surface area contributed by atoms with Crippen molar-refractivity contribution >= 4 is 16.5 Å². The lowest BCUT2D eigenvalue weighted by Gasteiger charge is -2.08. The van der Waals surface area contributed by atoms with E-state index in [4.69, 9.17) is 5.26 Å². The van der Waals surface area contributed by atoms with Crippen LogP contribution in [-0.4, -0.2) is 4.37 Å². The van der Waals surface area contributed by atoms with Crippen LogP contribution in [0.3, 0.4) is 0 Å². The Kier molecular flexibility index (Phi) is 3.95. The number of nitrogens with zero attached hydrogens (tertiary/aromatic N) is 2. The highest BCUT2D eigenvalue weighted by Crippen LogP contribution is 2.29. The van der Waals surface area contributed by atoms with Gasteiger partial charge in [-0.3, -0.25) is 0 Å². The smallest absolute Gasteiger partial charge is 0.370 e. The summed E-state index contributed by atoms with van der Waals surface area (Å²) in [5.74, 6) is 0. The average molecular weight is 297 g/mol. The van der Waals surface area contributed by atoms with Gasteiger partial charge in [-0.2, -0.15) is 22.8 Å². The maximum atomic E-state index is 12.4. The molecule has 2 rings (SSSR count). The van der Waals surface area contributed by atoms with Gasteiger partial charge in [0.25, 0.3) is 0 Å². The first-order chi connectivity index (χ1) is 9.41. The highest BCUT2D eigenvalue weighted by molar-refractivity contribution is 7.10. The zero-order chi connectivity index (χ0) is 14.8. The highest BCUT2D eigenvalue weighted by atomic mass is 32.1. The maximum Gasteiger partial charge on any atom is 0.416 e. The van der Waals surface area contributed by atoms with Crippen LogP contribution in [0.25, 0.3) is 0 Å². The van der Waals surface area contributed by atoms with Crippen LogP contribution in [-0.2, 0) is 12.7 Å². The highest BCUT2D eigenvalue weighted by Gasteiger charge is 2.29. The molecule has 0 unspecified atom stereocenters. The molecule has 1 heterocycles. The van der Waals surface area contributed by atoms with Crippen molar-refractivity contribution in [2.45, 2.75) is 19.6 Å². The van der Waals surface area contributed by atoms with E-state index >= 15 is 0 Å². The third-order valence-corrected chi connectivity index (χ3v) is 3.61. The van der Waals surface area contributed by atoms with E-state index in [2.05, 4.69) is 9.69 Å². The fraction of sp³-hybridized carbons (Fsp3) is 0.231. The van der Waals surface area contributed by atoms with Gasteiger partial charge in [0.2, 0.25) is 0 Å². The van der Waals surface area contributed by atoms with Crippen molar-refractivity contribution in [3.63, 3.8) is 0 Å². The molecule has 1 aromatic carbocycles. The molecule has 0 aliphatic rings. The summed E-state index contributed by atoms with van der Waals surface area (Å²) in [5.41, 5.74) is 1.15. The fourth-order valence-corrected chi connectivity index (χ4v) is 2.36. The van der Waals surface area contributed by atoms with E-state index in [1.54, 1.807) is 6.92 Å². The predicted molar refractivity (Wildman–Crippen MR) is 70.3 cm³/mol. The standard InChI is InChI=1S/C13H10F3N3S/c1-8-11(6-17)12(20-19-8)18-7-9-2-4-10(5-3-9)13(14,15)16/h2-5,18H,7H2,1H3. The van der Waals surface area contributed by atoms with Crippen molar-refractivity contribution in [1.29, 1.82) is 5.26 Å². The van der Waals surface area contributed by atoms with Crippen molar-refractivity contribution in [1.82, 2.24) is 4.37 Å². The first kappa shape index (κ1) is 14.3. The molecule has 1 N–H and O–H groups in total. The molecule has 0 amide bonds. The summed E-state index contributed by atoms with van der Waals surface area (Å²) in [4.78, 5) is 0. The summed E-state index contributed by atoms with van der Waals surface area (Å²) in [5, 5.41) is 12.6. The largest absolute Gasteiger partial charge is 0.416 e. The van der Waals surface area contributed by atoms with E-state index in [0.29, 0.717) is 28.4 Å². The van der Waals surface area contributed by atoms with Crippen molar-refractivity contribution in [2.24, 2.45) is 0 Å². The summed E-state index contributed by atoms with van der Waals surface area (Å²) in [6, 6.07) is 6.95. The lowest BCUT2D eigenvalue weighted by atomic mass is 10.1. The number of anilines is 1. The van der Waals surface area contributed by atoms with E-state index in [-0.39, 0.29) is 0 Å². The number of aryl methyl sites for hydroxylation is 1. The van der Waals surface area contributed by atoms with E-state index in [1.165, 1.54) is 12.1 Å². The Bertz CT molecular complexity index is 638. The molecule has 2 aromatic rings. The molecule has 7 heteroatoms. The molecule has 0 aliphatic heterocycles. The Hall–Kier alpha value is -2.07. The van der Waals surface area contributed by atoms with Gasteiger partial charge in [0.15, 0.2) is 0 Å². The normalized spacial score (nSPS) is 11.2. The minimum atomic E-state index is -4.32. The summed E-state index contributed by atoms with van der Waals surface area (Å²) >= 11 is 1.16. The second kappa shape index (κ2) is 5.51. The molecule has 0 bridgehead atoms. The molecular weight excluding hydrogens is 287 g/mol. The SMILES string of the molecule is Cc1nsc(NCc2ccc(C(F)(F)F)cc2)c1C#N. The number of hydrogen-bond donors (Lipinski definition) is 1. The second-order valence-corrected chi connectivity index (χ2v) is 4.91. The van der Waals surface area contributed by atoms with Crippen LogP contribution in [0.4, 0.5) is 18.2 Å². The van der Waals surface area contributed by atoms with Crippen molar-refractivity contribution in [2.75, 3.05) is 5.32 Å². The zero-order valence-electron chi connectivity index (χ0n) is 10.5. The molecule has 0 saturated carbocycles. The van der Waals surface area contributed by atoms with Gasteiger partial charge in [-0.05, 0) is 36.2 Å². The molecule has 104 valence electrons. The van der Waals surface area contributed by atoms with Crippen LogP contribution in [0.15, 0.2) is 24.3 Å². The average Bonchev–Trinajstić information content (AvgIpc) is 2.76. The number of benzene rings is 1. The maximum absolute atomic E-state index is 12.4. The summed E-state index contributed by atoms with van der Waals surface area (Å²) in [7, 11) is 0. The number of rotatable bonds is 3. The number of aromatic nitrogens is 1. The van der Waals surface area contributed by atoms with Crippen molar-refractivity contribution in [3.05, 3.63) is 46.6 Å². The molecule has 0 aliphatic carbocycles. The van der Waals surface area contributed by atoms with Gasteiger partial charge in [0, 0.05) is 6.54 Å². The van der Waals surface area contributed by atoms with E-state index in [0.717, 1.165) is 23.7 Å². The lowest BCUT2D eigenvalue weighted by Crippen LogP contribution is -2.05. The van der Waals surface area contributed by atoms with Crippen LogP contribution in [0, 0.1) is 18.3 Å². The van der Waals surface area contributed by atoms with E-state index in [9.17, 15) is 13.2 Å². The molecule has 0 spiro atoms. The summed E-state index contributed by atoms with van der Waals surface area (Å²) in [6.45, 7) is 2.08. The van der Waals surface area contributed by atoms with Crippen molar-refractivity contribution < 1.29 is 13.2 Å². The van der Waals surface area contributed by atoms with Gasteiger partial charge in [-0.25, -0.2) is 0 Å². The topological polar surface area (TPSA) is 48.7 Å². The summed E-state index contributed by atoms with van der Waals surface area (Å²) in [6.07, 6.45) is -4.32. The number of alkyl halides is 3. The minimum Gasteiger partial charge on any atom is -0.370 e. The number of nitrogens with one attached hydrogen (secondary N) is 1. The molecule has 0 radical (unpaired) electrons. The van der Waals surface area contributed by atoms with Gasteiger partial charge < -0.3 is 5.32 Å². The van der Waals surface area contributed by atoms with Gasteiger partial charge >= 0.3 is 6.18 Å². The number of halogens is 3. The van der Waals surface area contributed by atoms with Gasteiger partial charge in [-0.1, -0.05) is 12.1 Å². The lowest BCUT2D eigenvalue weighted by molar-refractivity contribution is -0.137. The fourth-order valence-electron chi connectivity index (χ4n) is 1.62. The molecule has 0 atom stereocenters. The molecule has 20 heavy (non-hydrogen) atoms. The molecule has 1 aromatic heterocycles. The Morgan fingerprint density at radius 2 is 1.95 bits per heavy atom. The van der Waals surface area contributed by atoms with Gasteiger partial charge in [-0.15, -0.1) is 0 Å². The van der Waals surface area contributed by atoms with Gasteiger partial charge in [0.05, 0.1) is 11.3 Å². The predicted octanol–water partition coefficient (Wildman–Crippen LogP) is 3.95. The number of nitriles is 1. The monoisotopic (exact) mass is 297 g/mol. The van der Waals surface area contributed by atoms with E-state index in [1.807, 2.05) is 6.07 Å². The second-order valence-electron chi connectivity index (χ2n) is 4.13. The van der Waals surface area contributed by atoms with Crippen LogP contribution >= 0.6 is 11.5 Å². The van der Waals surface area contributed by atoms with E-state index < -0.39 is 11.7 Å². The Morgan fingerprint density at radius 3 is 2.50 bits per heavy atom. The zero-order valence-corrected chi connectivity index (χ0v) is 11.3. The number of hydrogen-bond acceptors (Lipinski definition) is 4. The molecule has 0 fully saturated rings. The Balaban J connectivity index is 2.06. The first-order valence-corrected chi connectivity index (χ1v) is 6.45. The minimum absolute atomic E-state index is 0.342. The van der Waals surface area contributed by atoms with Crippen LogP contribution in [0.5, 0.6) is 0 Å². The van der Waals surface area contributed by atoms with Crippen molar-refractivity contribution in [3.8, 4) is 6.07 Å². The first-order valence-electron chi connectivity index (χ1n) is 5.68. The molecule has 3 nitrogen and oxygen atoms in total. The third-order valence-electron chi connectivity index (χ3n) is 2.71. The molecule has 0 saturated heterocycles. The third kappa shape index (κ3) is 3.08. The molecular formula is C13H10F3N3S. The van der Waals surface area contributed by atoms with Crippen LogP contribution in [0.2, 0.25) is 0 Å². The Morgan fingerprint density at radius 1 is 1.30 bits per heavy atom. The van der Waals surface area contributed by atoms with Crippen LogP contribution < -0.4 is 5.32 Å². The Labute approximate surface area is 117 Å². The van der Waals surface area contributed by atoms with Crippen LogP contribution in [0.1, 0.15) is 22.4 Å². The quantitative estimate of drug-likeness (QED) is 0.933. The van der Waals surface area contributed by atoms with Gasteiger partial charge in [0.1, 0.15) is 16.6 Å².